The number of aryl methyl sites for hydroxylation is 1. The predicted molar refractivity (Wildman–Crippen MR) is 137 cm³/mol. The van der Waals surface area contributed by atoms with E-state index in [-0.39, 0.29) is 30.2 Å². The van der Waals surface area contributed by atoms with E-state index in [2.05, 4.69) is 15.3 Å². The monoisotopic (exact) mass is 505 g/mol. The molecule has 0 bridgehead atoms. The van der Waals surface area contributed by atoms with Gasteiger partial charge in [-0.05, 0) is 49.6 Å². The number of rotatable bonds is 6. The zero-order chi connectivity index (χ0) is 25.4. The van der Waals surface area contributed by atoms with Crippen LogP contribution >= 0.6 is 11.6 Å². The molecule has 3 heterocycles. The molecule has 186 valence electrons. The number of hydrogen-bond acceptors (Lipinski definition) is 5. The molecular weight excluding hydrogens is 478 g/mol. The van der Waals surface area contributed by atoms with Crippen LogP contribution in [0.2, 0.25) is 5.02 Å². The summed E-state index contributed by atoms with van der Waals surface area (Å²) in [6.45, 7) is 3.74. The van der Waals surface area contributed by atoms with Crippen LogP contribution in [-0.4, -0.2) is 45.5 Å². The molecule has 1 aromatic heterocycles. The van der Waals surface area contributed by atoms with E-state index in [4.69, 9.17) is 11.6 Å². The van der Waals surface area contributed by atoms with Crippen LogP contribution in [0.15, 0.2) is 48.7 Å². The van der Waals surface area contributed by atoms with Gasteiger partial charge in [0, 0.05) is 43.0 Å². The fourth-order valence-electron chi connectivity index (χ4n) is 4.94. The second kappa shape index (κ2) is 9.78. The zero-order valence-corrected chi connectivity index (χ0v) is 21.1. The summed E-state index contributed by atoms with van der Waals surface area (Å²) >= 11 is 5.94. The molecule has 36 heavy (non-hydrogen) atoms. The third-order valence-corrected chi connectivity index (χ3v) is 7.41. The summed E-state index contributed by atoms with van der Waals surface area (Å²) in [5.74, 6) is -0.820. The minimum atomic E-state index is -0.303. The topological polar surface area (TPSA) is 87.5 Å². The van der Waals surface area contributed by atoms with Gasteiger partial charge >= 0.3 is 0 Å². The van der Waals surface area contributed by atoms with Crippen molar-refractivity contribution < 1.29 is 14.4 Å². The summed E-state index contributed by atoms with van der Waals surface area (Å²) in [5.41, 5.74) is 4.28. The molecule has 2 aliphatic rings. The van der Waals surface area contributed by atoms with Crippen molar-refractivity contribution in [3.8, 4) is 0 Å². The van der Waals surface area contributed by atoms with E-state index in [9.17, 15) is 14.4 Å². The normalized spacial score (nSPS) is 17.5. The van der Waals surface area contributed by atoms with Crippen molar-refractivity contribution in [3.63, 3.8) is 0 Å². The summed E-state index contributed by atoms with van der Waals surface area (Å²) in [6.07, 6.45) is 3.29. The number of nitrogens with zero attached hydrogens (tertiary/aromatic N) is 4. The van der Waals surface area contributed by atoms with Crippen molar-refractivity contribution in [1.82, 2.24) is 20.0 Å². The Balaban J connectivity index is 1.31. The lowest BCUT2D eigenvalue weighted by molar-refractivity contribution is -0.125. The van der Waals surface area contributed by atoms with E-state index < -0.39 is 0 Å². The molecule has 2 aliphatic heterocycles. The molecule has 1 N–H and O–H groups in total. The first-order valence-electron chi connectivity index (χ1n) is 12.1. The summed E-state index contributed by atoms with van der Waals surface area (Å²) in [4.78, 5) is 42.9. The van der Waals surface area contributed by atoms with Crippen molar-refractivity contribution in [2.24, 2.45) is 13.0 Å². The highest BCUT2D eigenvalue weighted by Crippen LogP contribution is 2.35. The molecule has 0 saturated carbocycles. The highest BCUT2D eigenvalue weighted by atomic mass is 35.5. The molecule has 1 saturated heterocycles. The van der Waals surface area contributed by atoms with Crippen LogP contribution in [0.25, 0.3) is 0 Å². The summed E-state index contributed by atoms with van der Waals surface area (Å²) in [7, 11) is 1.83. The minimum absolute atomic E-state index is 0.0155. The molecule has 8 nitrogen and oxygen atoms in total. The largest absolute Gasteiger partial charge is 0.370 e. The number of piperidine rings is 1. The van der Waals surface area contributed by atoms with E-state index >= 15 is 0 Å². The van der Waals surface area contributed by atoms with E-state index in [0.717, 1.165) is 36.2 Å². The molecular formula is C27H28ClN5O3. The average Bonchev–Trinajstić information content (AvgIpc) is 3.34. The lowest BCUT2D eigenvalue weighted by atomic mass is 9.95. The average molecular weight is 506 g/mol. The fourth-order valence-corrected chi connectivity index (χ4v) is 5.06. The van der Waals surface area contributed by atoms with Gasteiger partial charge in [0.1, 0.15) is 0 Å². The van der Waals surface area contributed by atoms with Gasteiger partial charge in [-0.3, -0.25) is 24.0 Å². The molecule has 0 spiro atoms. The quantitative estimate of drug-likeness (QED) is 0.516. The van der Waals surface area contributed by atoms with Gasteiger partial charge in [-0.1, -0.05) is 29.8 Å². The number of amides is 3. The molecule has 3 amide bonds. The van der Waals surface area contributed by atoms with E-state index in [1.165, 1.54) is 4.90 Å². The second-order valence-electron chi connectivity index (χ2n) is 9.40. The molecule has 1 fully saturated rings. The van der Waals surface area contributed by atoms with Crippen molar-refractivity contribution in [2.45, 2.75) is 32.9 Å². The van der Waals surface area contributed by atoms with Crippen molar-refractivity contribution in [1.29, 1.82) is 0 Å². The number of nitrogens with one attached hydrogen (secondary N) is 1. The molecule has 1 unspecified atom stereocenters. The zero-order valence-electron chi connectivity index (χ0n) is 20.3. The van der Waals surface area contributed by atoms with Crippen LogP contribution in [0.3, 0.4) is 0 Å². The molecule has 0 aliphatic carbocycles. The fraction of sp³-hybridized carbons (Fsp3) is 0.333. The van der Waals surface area contributed by atoms with Crippen molar-refractivity contribution >= 4 is 35.0 Å². The number of hydrogen-bond donors (Lipinski definition) is 1. The maximum absolute atomic E-state index is 13.5. The minimum Gasteiger partial charge on any atom is -0.370 e. The molecule has 1 atom stereocenters. The summed E-state index contributed by atoms with van der Waals surface area (Å²) in [6, 6.07) is 12.8. The van der Waals surface area contributed by atoms with Gasteiger partial charge in [0.2, 0.25) is 5.91 Å². The number of carbonyl (C=O) groups excluding carboxylic acids is 3. The van der Waals surface area contributed by atoms with Crippen LogP contribution in [0.5, 0.6) is 0 Å². The van der Waals surface area contributed by atoms with Gasteiger partial charge < -0.3 is 10.2 Å². The van der Waals surface area contributed by atoms with Gasteiger partial charge in [0.25, 0.3) is 11.8 Å². The molecule has 9 heteroatoms. The van der Waals surface area contributed by atoms with Crippen molar-refractivity contribution in [2.75, 3.05) is 18.0 Å². The Kier molecular flexibility index (Phi) is 6.53. The van der Waals surface area contributed by atoms with Gasteiger partial charge in [-0.2, -0.15) is 5.10 Å². The standard InChI is InChI=1S/C27H28ClN5O3/c1-17-20(14-30-31(17)2)16-33-26(35)22-6-3-7-23(24(22)27(33)36)32-12-4-5-19(15-32)25(34)29-13-18-8-10-21(28)11-9-18/h3,6-11,14,19H,4-5,12-13,15-16H2,1-2H3,(H,29,34). The van der Waals surface area contributed by atoms with Crippen LogP contribution in [0.4, 0.5) is 5.69 Å². The van der Waals surface area contributed by atoms with E-state index in [1.807, 2.05) is 38.2 Å². The highest BCUT2D eigenvalue weighted by molar-refractivity contribution is 6.30. The number of fused-ring (bicyclic) bond motifs is 1. The molecule has 2 aromatic carbocycles. The van der Waals surface area contributed by atoms with Crippen LogP contribution in [0.1, 0.15) is 50.4 Å². The first kappa shape index (κ1) is 24.1. The lowest BCUT2D eigenvalue weighted by Crippen LogP contribution is -2.43. The third-order valence-electron chi connectivity index (χ3n) is 7.16. The molecule has 5 rings (SSSR count). The Hall–Kier alpha value is -3.65. The Morgan fingerprint density at radius 1 is 1.14 bits per heavy atom. The predicted octanol–water partition coefficient (Wildman–Crippen LogP) is 3.71. The smallest absolute Gasteiger partial charge is 0.263 e. The van der Waals surface area contributed by atoms with Gasteiger partial charge in [-0.15, -0.1) is 0 Å². The number of halogens is 1. The van der Waals surface area contributed by atoms with Crippen LogP contribution in [-0.2, 0) is 24.9 Å². The van der Waals surface area contributed by atoms with E-state index in [0.29, 0.717) is 34.9 Å². The maximum atomic E-state index is 13.5. The first-order valence-corrected chi connectivity index (χ1v) is 12.4. The van der Waals surface area contributed by atoms with Gasteiger partial charge in [0.15, 0.2) is 0 Å². The Bertz CT molecular complexity index is 1330. The van der Waals surface area contributed by atoms with Gasteiger partial charge in [0.05, 0.1) is 35.5 Å². The number of benzene rings is 2. The summed E-state index contributed by atoms with van der Waals surface area (Å²) < 4.78 is 1.73. The molecule has 3 aromatic rings. The van der Waals surface area contributed by atoms with Crippen LogP contribution in [0, 0.1) is 12.8 Å². The maximum Gasteiger partial charge on any atom is 0.263 e. The van der Waals surface area contributed by atoms with Crippen molar-refractivity contribution in [3.05, 3.63) is 81.6 Å². The Labute approximate surface area is 214 Å². The molecule has 0 radical (unpaired) electrons. The highest BCUT2D eigenvalue weighted by Gasteiger charge is 2.39. The number of carbonyl (C=O) groups is 3. The SMILES string of the molecule is Cc1c(CN2C(=O)c3cccc(N4CCCC(C(=O)NCc5ccc(Cl)cc5)C4)c3C2=O)cnn1C. The second-order valence-corrected chi connectivity index (χ2v) is 9.84. The summed E-state index contributed by atoms with van der Waals surface area (Å²) in [5, 5.41) is 7.91. The van der Waals surface area contributed by atoms with E-state index in [1.54, 1.807) is 29.1 Å². The van der Waals surface area contributed by atoms with Crippen LogP contribution < -0.4 is 10.2 Å². The Morgan fingerprint density at radius 2 is 1.92 bits per heavy atom. The third kappa shape index (κ3) is 4.48. The first-order chi connectivity index (χ1) is 17.3. The lowest BCUT2D eigenvalue weighted by Gasteiger charge is -2.34. The number of anilines is 1. The number of aromatic nitrogens is 2. The number of imide groups is 1. The Morgan fingerprint density at radius 3 is 2.64 bits per heavy atom. The van der Waals surface area contributed by atoms with Gasteiger partial charge in [-0.25, -0.2) is 0 Å².